The van der Waals surface area contributed by atoms with Gasteiger partial charge in [-0.05, 0) is 60.0 Å². The zero-order chi connectivity index (χ0) is 29.2. The second-order valence-corrected chi connectivity index (χ2v) is 10.6. The molecule has 214 valence electrons. The smallest absolute Gasteiger partial charge is 0.273 e. The van der Waals surface area contributed by atoms with Crippen LogP contribution in [0.25, 0.3) is 11.1 Å². The molecule has 10 heteroatoms. The van der Waals surface area contributed by atoms with Gasteiger partial charge in [0.1, 0.15) is 18.1 Å². The maximum absolute atomic E-state index is 14.3. The first-order chi connectivity index (χ1) is 20.4. The Morgan fingerprint density at radius 1 is 1.02 bits per heavy atom. The number of carbonyl (C=O) groups excluding carboxylic acids is 1. The van der Waals surface area contributed by atoms with E-state index in [2.05, 4.69) is 20.0 Å². The van der Waals surface area contributed by atoms with Crippen molar-refractivity contribution in [1.29, 1.82) is 0 Å². The quantitative estimate of drug-likeness (QED) is 0.222. The Morgan fingerprint density at radius 2 is 1.81 bits per heavy atom. The molecule has 0 fully saturated rings. The Hall–Kier alpha value is -4.76. The number of nitrogens with zero attached hydrogens (tertiary/aromatic N) is 5. The van der Waals surface area contributed by atoms with Crippen LogP contribution < -0.4 is 14.8 Å². The normalized spacial score (nSPS) is 12.8. The fourth-order valence-corrected chi connectivity index (χ4v) is 5.48. The van der Waals surface area contributed by atoms with Gasteiger partial charge >= 0.3 is 0 Å². The molecule has 0 saturated heterocycles. The van der Waals surface area contributed by atoms with Crippen LogP contribution in [0.1, 0.15) is 27.3 Å². The van der Waals surface area contributed by atoms with Crippen LogP contribution in [0.2, 0.25) is 5.02 Å². The van der Waals surface area contributed by atoms with Gasteiger partial charge in [-0.3, -0.25) is 14.5 Å². The summed E-state index contributed by atoms with van der Waals surface area (Å²) in [7, 11) is 3.49. The molecular weight excluding hydrogens is 552 g/mol. The van der Waals surface area contributed by atoms with Gasteiger partial charge < -0.3 is 24.3 Å². The summed E-state index contributed by atoms with van der Waals surface area (Å²) in [4.78, 5) is 20.4. The summed E-state index contributed by atoms with van der Waals surface area (Å²) in [6.45, 7) is 3.82. The first kappa shape index (κ1) is 27.4. The second-order valence-electron chi connectivity index (χ2n) is 10.2. The molecule has 0 atom stereocenters. The Kier molecular flexibility index (Phi) is 7.58. The average Bonchev–Trinajstić information content (AvgIpc) is 3.57. The van der Waals surface area contributed by atoms with Crippen molar-refractivity contribution >= 4 is 28.9 Å². The van der Waals surface area contributed by atoms with E-state index in [1.54, 1.807) is 24.2 Å². The van der Waals surface area contributed by atoms with E-state index in [0.717, 1.165) is 39.4 Å². The van der Waals surface area contributed by atoms with Crippen molar-refractivity contribution in [3.63, 3.8) is 0 Å². The van der Waals surface area contributed by atoms with Gasteiger partial charge in [0.25, 0.3) is 5.91 Å². The maximum atomic E-state index is 14.3. The SMILES string of the molecule is COc1ccc(CN2CCn3c(COc4ccn(C)n4)c(-c4ccncc4)c(Nc4cccc(Cl)c4C)c3C2=O)cc1. The van der Waals surface area contributed by atoms with Crippen LogP contribution in [0.15, 0.2) is 79.3 Å². The number of hydrogen-bond acceptors (Lipinski definition) is 6. The molecule has 9 nitrogen and oxygen atoms in total. The van der Waals surface area contributed by atoms with Crippen LogP contribution in [0.4, 0.5) is 11.4 Å². The van der Waals surface area contributed by atoms with Gasteiger partial charge in [-0.25, -0.2) is 0 Å². The number of nitrogens with one attached hydrogen (secondary N) is 1. The van der Waals surface area contributed by atoms with E-state index < -0.39 is 0 Å². The summed E-state index contributed by atoms with van der Waals surface area (Å²) in [5.41, 5.74) is 6.69. The summed E-state index contributed by atoms with van der Waals surface area (Å²) in [6, 6.07) is 19.2. The van der Waals surface area contributed by atoms with Crippen molar-refractivity contribution in [2.45, 2.75) is 26.6 Å². The van der Waals surface area contributed by atoms with Gasteiger partial charge in [-0.15, -0.1) is 5.10 Å². The lowest BCUT2D eigenvalue weighted by Crippen LogP contribution is -2.40. The van der Waals surface area contributed by atoms with E-state index in [4.69, 9.17) is 21.1 Å². The maximum Gasteiger partial charge on any atom is 0.273 e. The second kappa shape index (κ2) is 11.6. The minimum Gasteiger partial charge on any atom is -0.497 e. The highest BCUT2D eigenvalue weighted by molar-refractivity contribution is 6.31. The largest absolute Gasteiger partial charge is 0.497 e. The van der Waals surface area contributed by atoms with Gasteiger partial charge in [-0.1, -0.05) is 29.8 Å². The molecule has 0 radical (unpaired) electrons. The van der Waals surface area contributed by atoms with E-state index in [1.165, 1.54) is 0 Å². The highest BCUT2D eigenvalue weighted by Gasteiger charge is 2.34. The van der Waals surface area contributed by atoms with Gasteiger partial charge in [0.15, 0.2) is 0 Å². The third kappa shape index (κ3) is 5.31. The van der Waals surface area contributed by atoms with Crippen LogP contribution in [0, 0.1) is 6.92 Å². The molecular formula is C32H31ClN6O3. The number of amides is 1. The van der Waals surface area contributed by atoms with Gasteiger partial charge in [0.2, 0.25) is 5.88 Å². The third-order valence-corrected chi connectivity index (χ3v) is 7.94. The van der Waals surface area contributed by atoms with Crippen molar-refractivity contribution in [3.05, 3.63) is 107 Å². The number of fused-ring (bicyclic) bond motifs is 1. The van der Waals surface area contributed by atoms with Crippen LogP contribution in [-0.4, -0.2) is 43.8 Å². The Morgan fingerprint density at radius 3 is 2.52 bits per heavy atom. The van der Waals surface area contributed by atoms with Crippen molar-refractivity contribution in [1.82, 2.24) is 24.2 Å². The summed E-state index contributed by atoms with van der Waals surface area (Å²) < 4.78 is 15.3. The number of aromatic nitrogens is 4. The van der Waals surface area contributed by atoms with E-state index in [1.807, 2.05) is 85.7 Å². The first-order valence-corrected chi connectivity index (χ1v) is 14.0. The first-order valence-electron chi connectivity index (χ1n) is 13.7. The summed E-state index contributed by atoms with van der Waals surface area (Å²) >= 11 is 6.50. The van der Waals surface area contributed by atoms with Crippen LogP contribution >= 0.6 is 11.6 Å². The zero-order valence-electron chi connectivity index (χ0n) is 23.7. The highest BCUT2D eigenvalue weighted by atomic mass is 35.5. The Balaban J connectivity index is 1.47. The lowest BCUT2D eigenvalue weighted by molar-refractivity contribution is 0.0689. The lowest BCUT2D eigenvalue weighted by Gasteiger charge is -2.30. The third-order valence-electron chi connectivity index (χ3n) is 7.53. The highest BCUT2D eigenvalue weighted by Crippen LogP contribution is 2.42. The molecule has 1 aliphatic rings. The Bertz CT molecular complexity index is 1730. The topological polar surface area (TPSA) is 86.4 Å². The van der Waals surface area contributed by atoms with Gasteiger partial charge in [0.05, 0.1) is 18.5 Å². The summed E-state index contributed by atoms with van der Waals surface area (Å²) in [6.07, 6.45) is 5.34. The average molecular weight is 583 g/mol. The minimum atomic E-state index is -0.0707. The summed E-state index contributed by atoms with van der Waals surface area (Å²) in [5, 5.41) is 8.62. The van der Waals surface area contributed by atoms with E-state index in [0.29, 0.717) is 41.9 Å². The minimum absolute atomic E-state index is 0.0707. The molecule has 6 rings (SSSR count). The number of halogens is 1. The number of rotatable bonds is 9. The molecule has 3 aromatic heterocycles. The molecule has 5 aromatic rings. The number of anilines is 2. The molecule has 0 unspecified atom stereocenters. The van der Waals surface area contributed by atoms with E-state index in [9.17, 15) is 4.79 Å². The number of hydrogen-bond donors (Lipinski definition) is 1. The predicted octanol–water partition coefficient (Wildman–Crippen LogP) is 6.23. The molecule has 2 aromatic carbocycles. The molecule has 1 amide bonds. The van der Waals surface area contributed by atoms with Crippen molar-refractivity contribution in [2.75, 3.05) is 19.0 Å². The Labute approximate surface area is 249 Å². The molecule has 0 spiro atoms. The zero-order valence-corrected chi connectivity index (χ0v) is 24.4. The van der Waals surface area contributed by atoms with Crippen molar-refractivity contribution in [3.8, 4) is 22.8 Å². The van der Waals surface area contributed by atoms with Crippen LogP contribution in [0.3, 0.4) is 0 Å². The number of aryl methyl sites for hydroxylation is 1. The molecule has 1 aliphatic heterocycles. The van der Waals surface area contributed by atoms with E-state index >= 15 is 0 Å². The van der Waals surface area contributed by atoms with Crippen molar-refractivity contribution < 1.29 is 14.3 Å². The monoisotopic (exact) mass is 582 g/mol. The van der Waals surface area contributed by atoms with Gasteiger partial charge in [0, 0.05) is 67.6 Å². The van der Waals surface area contributed by atoms with Crippen LogP contribution in [0.5, 0.6) is 11.6 Å². The predicted molar refractivity (Wildman–Crippen MR) is 162 cm³/mol. The summed E-state index contributed by atoms with van der Waals surface area (Å²) in [5.74, 6) is 1.22. The number of carbonyl (C=O) groups is 1. The number of pyridine rings is 1. The molecule has 42 heavy (non-hydrogen) atoms. The lowest BCUT2D eigenvalue weighted by atomic mass is 10.0. The molecule has 1 N–H and O–H groups in total. The number of ether oxygens (including phenoxy) is 2. The number of benzene rings is 2. The molecule has 0 bridgehead atoms. The van der Waals surface area contributed by atoms with Crippen molar-refractivity contribution in [2.24, 2.45) is 7.05 Å². The van der Waals surface area contributed by atoms with Crippen LogP contribution in [-0.2, 0) is 26.7 Å². The molecule has 4 heterocycles. The fraction of sp³-hybridized carbons (Fsp3) is 0.219. The standard InChI is InChI=1S/C32H31ClN6O3/c1-21-25(33)5-4-6-26(21)35-30-29(23-11-14-34-15-12-23)27(20-42-28-13-16-37(2)36-28)39-18-17-38(32(40)31(30)39)19-22-7-9-24(41-3)10-8-22/h4-16,35H,17-20H2,1-3H3. The van der Waals surface area contributed by atoms with E-state index in [-0.39, 0.29) is 12.5 Å². The number of methoxy groups -OCH3 is 1. The molecule has 0 aliphatic carbocycles. The van der Waals surface area contributed by atoms with Gasteiger partial charge in [-0.2, -0.15) is 0 Å². The fourth-order valence-electron chi connectivity index (χ4n) is 5.30. The molecule has 0 saturated carbocycles.